The molecule has 0 aromatic rings. The van der Waals surface area contributed by atoms with E-state index in [9.17, 15) is 4.39 Å². The molecule has 19 heavy (non-hydrogen) atoms. The van der Waals surface area contributed by atoms with Gasteiger partial charge in [-0.25, -0.2) is 0 Å². The molecule has 0 radical (unpaired) electrons. The van der Waals surface area contributed by atoms with Crippen molar-refractivity contribution in [1.82, 2.24) is 10.2 Å². The monoisotopic (exact) mass is 403 g/mol. The van der Waals surface area contributed by atoms with Crippen molar-refractivity contribution in [1.29, 1.82) is 0 Å². The Kier molecular flexibility index (Phi) is 11.2. The Morgan fingerprint density at radius 3 is 2.84 bits per heavy atom. The second kappa shape index (κ2) is 11.0. The van der Waals surface area contributed by atoms with Crippen molar-refractivity contribution in [3.8, 4) is 0 Å². The van der Waals surface area contributed by atoms with E-state index in [1.54, 1.807) is 0 Å². The van der Waals surface area contributed by atoms with Crippen LogP contribution in [0.3, 0.4) is 0 Å². The maximum atomic E-state index is 12.1. The summed E-state index contributed by atoms with van der Waals surface area (Å²) in [6.07, 6.45) is 0.519. The normalized spacial score (nSPS) is 20.4. The molecule has 1 aliphatic rings. The molecule has 114 valence electrons. The van der Waals surface area contributed by atoms with Crippen LogP contribution in [-0.4, -0.2) is 54.7 Å². The van der Waals surface area contributed by atoms with E-state index in [4.69, 9.17) is 0 Å². The highest BCUT2D eigenvalue weighted by molar-refractivity contribution is 14.0. The molecule has 1 atom stereocenters. The summed E-state index contributed by atoms with van der Waals surface area (Å²) < 4.78 is 12.1. The standard InChI is InChI=1S/C13H26FN3S.HI/c1-4-15-13(16-7-5-6-14)17-8-9-18-12(10-17)11(2)3;/h11-12H,4-10H2,1-3H3,(H,15,16);1H. The third-order valence-corrected chi connectivity index (χ3v) is 4.56. The van der Waals surface area contributed by atoms with Crippen molar-refractivity contribution >= 4 is 41.7 Å². The van der Waals surface area contributed by atoms with E-state index in [0.29, 0.717) is 24.1 Å². The van der Waals surface area contributed by atoms with Crippen molar-refractivity contribution < 1.29 is 4.39 Å². The number of guanidine groups is 1. The second-order valence-electron chi connectivity index (χ2n) is 4.88. The minimum absolute atomic E-state index is 0. The van der Waals surface area contributed by atoms with Crippen LogP contribution in [0.5, 0.6) is 0 Å². The van der Waals surface area contributed by atoms with Crippen molar-refractivity contribution in [2.75, 3.05) is 38.6 Å². The van der Waals surface area contributed by atoms with E-state index in [1.165, 1.54) is 0 Å². The van der Waals surface area contributed by atoms with Crippen molar-refractivity contribution in [2.24, 2.45) is 10.9 Å². The number of alkyl halides is 1. The molecule has 0 saturated carbocycles. The fourth-order valence-electron chi connectivity index (χ4n) is 1.94. The third-order valence-electron chi connectivity index (χ3n) is 3.02. The molecular formula is C13H27FIN3S. The number of hydrogen-bond donors (Lipinski definition) is 1. The zero-order chi connectivity index (χ0) is 13.4. The lowest BCUT2D eigenvalue weighted by Gasteiger charge is -2.36. The lowest BCUT2D eigenvalue weighted by Crippen LogP contribution is -2.49. The molecule has 0 bridgehead atoms. The van der Waals surface area contributed by atoms with Crippen LogP contribution in [0.25, 0.3) is 0 Å². The SMILES string of the molecule is CCNC(=NCCCF)N1CCSC(C(C)C)C1.I. The average Bonchev–Trinajstić information content (AvgIpc) is 2.38. The summed E-state index contributed by atoms with van der Waals surface area (Å²) in [6, 6.07) is 0. The summed E-state index contributed by atoms with van der Waals surface area (Å²) in [5.74, 6) is 2.79. The van der Waals surface area contributed by atoms with Gasteiger partial charge in [-0.2, -0.15) is 11.8 Å². The first kappa shape index (κ1) is 19.3. The second-order valence-corrected chi connectivity index (χ2v) is 6.22. The maximum absolute atomic E-state index is 12.1. The Bertz CT molecular complexity index is 264. The molecule has 0 spiro atoms. The molecule has 1 rings (SSSR count). The van der Waals surface area contributed by atoms with Gasteiger partial charge >= 0.3 is 0 Å². The van der Waals surface area contributed by atoms with Gasteiger partial charge in [-0.15, -0.1) is 24.0 Å². The average molecular weight is 403 g/mol. The molecule has 0 aliphatic carbocycles. The first-order valence-electron chi connectivity index (χ1n) is 6.89. The first-order chi connectivity index (χ1) is 8.69. The molecule has 1 N–H and O–H groups in total. The van der Waals surface area contributed by atoms with Gasteiger partial charge < -0.3 is 10.2 Å². The minimum atomic E-state index is -0.284. The largest absolute Gasteiger partial charge is 0.357 e. The Hall–Kier alpha value is 0.280. The van der Waals surface area contributed by atoms with E-state index in [0.717, 1.165) is 31.3 Å². The molecule has 1 unspecified atom stereocenters. The first-order valence-corrected chi connectivity index (χ1v) is 7.94. The lowest BCUT2D eigenvalue weighted by atomic mass is 10.1. The van der Waals surface area contributed by atoms with Gasteiger partial charge in [0.1, 0.15) is 0 Å². The van der Waals surface area contributed by atoms with Gasteiger partial charge in [0.25, 0.3) is 0 Å². The number of nitrogens with zero attached hydrogens (tertiary/aromatic N) is 2. The van der Waals surface area contributed by atoms with Crippen LogP contribution in [0.15, 0.2) is 4.99 Å². The van der Waals surface area contributed by atoms with Crippen LogP contribution in [0.1, 0.15) is 27.2 Å². The van der Waals surface area contributed by atoms with Crippen molar-refractivity contribution in [3.63, 3.8) is 0 Å². The fraction of sp³-hybridized carbons (Fsp3) is 0.923. The molecule has 1 aliphatic heterocycles. The van der Waals surface area contributed by atoms with Crippen molar-refractivity contribution in [2.45, 2.75) is 32.4 Å². The van der Waals surface area contributed by atoms with E-state index < -0.39 is 0 Å². The highest BCUT2D eigenvalue weighted by Crippen LogP contribution is 2.24. The molecule has 0 amide bonds. The van der Waals surface area contributed by atoms with Gasteiger partial charge in [0, 0.05) is 37.2 Å². The lowest BCUT2D eigenvalue weighted by molar-refractivity contribution is 0.380. The number of thioether (sulfide) groups is 1. The van der Waals surface area contributed by atoms with Crippen LogP contribution in [-0.2, 0) is 0 Å². The molecule has 0 aromatic heterocycles. The number of halogens is 2. The quantitative estimate of drug-likeness (QED) is 0.331. The Morgan fingerprint density at radius 2 is 2.26 bits per heavy atom. The van der Waals surface area contributed by atoms with Crippen LogP contribution in [0.2, 0.25) is 0 Å². The molecule has 1 fully saturated rings. The number of aliphatic imine (C=N–C) groups is 1. The van der Waals surface area contributed by atoms with Gasteiger partial charge in [-0.1, -0.05) is 13.8 Å². The Balaban J connectivity index is 0.00000324. The number of rotatable bonds is 5. The summed E-state index contributed by atoms with van der Waals surface area (Å²) in [7, 11) is 0. The molecule has 1 heterocycles. The van der Waals surface area contributed by atoms with Gasteiger partial charge in [-0.05, 0) is 19.3 Å². The van der Waals surface area contributed by atoms with Crippen molar-refractivity contribution in [3.05, 3.63) is 0 Å². The van der Waals surface area contributed by atoms with Gasteiger partial charge in [0.15, 0.2) is 5.96 Å². The summed E-state index contributed by atoms with van der Waals surface area (Å²) in [5.41, 5.74) is 0. The molecule has 6 heteroatoms. The van der Waals surface area contributed by atoms with Crippen LogP contribution >= 0.6 is 35.7 Å². The molecule has 0 aromatic carbocycles. The molecular weight excluding hydrogens is 376 g/mol. The van der Waals surface area contributed by atoms with Gasteiger partial charge in [-0.3, -0.25) is 9.38 Å². The van der Waals surface area contributed by atoms with Crippen LogP contribution < -0.4 is 5.32 Å². The number of hydrogen-bond acceptors (Lipinski definition) is 2. The zero-order valence-corrected chi connectivity index (χ0v) is 15.3. The Morgan fingerprint density at radius 1 is 1.53 bits per heavy atom. The molecule has 3 nitrogen and oxygen atoms in total. The summed E-state index contributed by atoms with van der Waals surface area (Å²) in [5, 5.41) is 3.99. The fourth-order valence-corrected chi connectivity index (χ4v) is 3.24. The number of nitrogens with one attached hydrogen (secondary N) is 1. The summed E-state index contributed by atoms with van der Waals surface area (Å²) in [6.45, 7) is 9.86. The van der Waals surface area contributed by atoms with E-state index in [2.05, 4.69) is 47.7 Å². The van der Waals surface area contributed by atoms with Gasteiger partial charge in [0.2, 0.25) is 0 Å². The topological polar surface area (TPSA) is 27.6 Å². The summed E-state index contributed by atoms with van der Waals surface area (Å²) >= 11 is 2.05. The minimum Gasteiger partial charge on any atom is -0.357 e. The van der Waals surface area contributed by atoms with E-state index >= 15 is 0 Å². The molecule has 1 saturated heterocycles. The third kappa shape index (κ3) is 7.02. The highest BCUT2D eigenvalue weighted by Gasteiger charge is 2.24. The van der Waals surface area contributed by atoms with E-state index in [-0.39, 0.29) is 30.7 Å². The van der Waals surface area contributed by atoms with Crippen LogP contribution in [0.4, 0.5) is 4.39 Å². The predicted molar refractivity (Wildman–Crippen MR) is 94.6 cm³/mol. The van der Waals surface area contributed by atoms with E-state index in [1.807, 2.05) is 0 Å². The Labute approximate surface area is 138 Å². The van der Waals surface area contributed by atoms with Gasteiger partial charge in [0.05, 0.1) is 6.67 Å². The smallest absolute Gasteiger partial charge is 0.193 e. The summed E-state index contributed by atoms with van der Waals surface area (Å²) in [4.78, 5) is 6.83. The van der Waals surface area contributed by atoms with Crippen LogP contribution in [0, 0.1) is 5.92 Å². The maximum Gasteiger partial charge on any atom is 0.193 e. The highest BCUT2D eigenvalue weighted by atomic mass is 127. The predicted octanol–water partition coefficient (Wildman–Crippen LogP) is 3.00. The zero-order valence-electron chi connectivity index (χ0n) is 12.2.